The minimum absolute atomic E-state index is 0.0288. The first-order valence-electron chi connectivity index (χ1n) is 24.9. The van der Waals surface area contributed by atoms with Crippen LogP contribution in [-0.2, 0) is 6.42 Å². The van der Waals surface area contributed by atoms with E-state index in [2.05, 4.69) is 75.3 Å². The lowest BCUT2D eigenvalue weighted by atomic mass is 9.88. The number of ether oxygens (including phenoxy) is 2. The molecule has 0 bridgehead atoms. The second-order valence-corrected chi connectivity index (χ2v) is 20.7. The highest BCUT2D eigenvalue weighted by Gasteiger charge is 2.22. The molecule has 0 heterocycles. The molecule has 1 aromatic rings. The van der Waals surface area contributed by atoms with Crippen LogP contribution in [0.2, 0.25) is 0 Å². The SMILES string of the molecule is COc1c(O)c(C)c(C/C=C(\C)CCCC(C)CCCC(C)CCCC(C)CCCC(C)CCCC(C)CCCC(C)CCCC(C)CCCC(C)C)c(O)c1OC. The Labute approximate surface area is 362 Å². The summed E-state index contributed by atoms with van der Waals surface area (Å²) in [6, 6.07) is 0. The molecule has 0 aromatic heterocycles. The van der Waals surface area contributed by atoms with Crippen molar-refractivity contribution in [3.63, 3.8) is 0 Å². The van der Waals surface area contributed by atoms with E-state index in [1.165, 1.54) is 167 Å². The van der Waals surface area contributed by atoms with Gasteiger partial charge in [-0.2, -0.15) is 0 Å². The Kier molecular flexibility index (Phi) is 29.8. The molecule has 1 rings (SSSR count). The zero-order valence-electron chi connectivity index (χ0n) is 41.1. The van der Waals surface area contributed by atoms with Crippen LogP contribution in [0.1, 0.15) is 234 Å². The minimum atomic E-state index is 0.0288. The van der Waals surface area contributed by atoms with Gasteiger partial charge >= 0.3 is 0 Å². The van der Waals surface area contributed by atoms with Gasteiger partial charge in [0.2, 0.25) is 11.5 Å². The summed E-state index contributed by atoms with van der Waals surface area (Å²) in [5.74, 6) is 7.40. The average molecular weight is 813 g/mol. The molecular formula is C54H100O4. The fraction of sp³-hybridized carbons (Fsp3) is 0.852. The number of rotatable bonds is 36. The van der Waals surface area contributed by atoms with Crippen molar-refractivity contribution in [1.29, 1.82) is 0 Å². The van der Waals surface area contributed by atoms with Crippen LogP contribution in [0.4, 0.5) is 0 Å². The van der Waals surface area contributed by atoms with E-state index in [0.717, 1.165) is 53.8 Å². The van der Waals surface area contributed by atoms with E-state index in [-0.39, 0.29) is 23.0 Å². The van der Waals surface area contributed by atoms with E-state index >= 15 is 0 Å². The number of aromatic hydroxyl groups is 2. The third kappa shape index (κ3) is 24.4. The monoisotopic (exact) mass is 813 g/mol. The summed E-state index contributed by atoms with van der Waals surface area (Å²) in [7, 11) is 2.94. The largest absolute Gasteiger partial charge is 0.504 e. The van der Waals surface area contributed by atoms with Crippen molar-refractivity contribution in [3.05, 3.63) is 22.8 Å². The molecule has 0 amide bonds. The normalized spacial score (nSPS) is 15.9. The van der Waals surface area contributed by atoms with Gasteiger partial charge in [-0.25, -0.2) is 0 Å². The van der Waals surface area contributed by atoms with E-state index < -0.39 is 0 Å². The average Bonchev–Trinajstić information content (AvgIpc) is 3.16. The highest BCUT2D eigenvalue weighted by molar-refractivity contribution is 5.66. The summed E-state index contributed by atoms with van der Waals surface area (Å²) < 4.78 is 10.6. The van der Waals surface area contributed by atoms with E-state index in [1.54, 1.807) is 0 Å². The second kappa shape index (κ2) is 32.0. The summed E-state index contributed by atoms with van der Waals surface area (Å²) >= 11 is 0. The predicted octanol–water partition coefficient (Wildman–Crippen LogP) is 17.4. The van der Waals surface area contributed by atoms with Crippen molar-refractivity contribution >= 4 is 0 Å². The van der Waals surface area contributed by atoms with Crippen LogP contribution in [0.5, 0.6) is 23.0 Å². The summed E-state index contributed by atoms with van der Waals surface area (Å²) in [5.41, 5.74) is 2.64. The van der Waals surface area contributed by atoms with E-state index in [9.17, 15) is 10.2 Å². The lowest BCUT2D eigenvalue weighted by Gasteiger charge is -2.18. The molecule has 7 unspecified atom stereocenters. The third-order valence-electron chi connectivity index (χ3n) is 13.9. The Morgan fingerprint density at radius 2 is 0.724 bits per heavy atom. The summed E-state index contributed by atoms with van der Waals surface area (Å²) in [6.07, 6.45) is 35.9. The third-order valence-corrected chi connectivity index (χ3v) is 13.9. The van der Waals surface area contributed by atoms with Gasteiger partial charge in [0.05, 0.1) is 14.2 Å². The number of allylic oxidation sites excluding steroid dienone is 2. The van der Waals surface area contributed by atoms with Crippen molar-refractivity contribution in [2.24, 2.45) is 47.3 Å². The molecule has 1 aromatic carbocycles. The van der Waals surface area contributed by atoms with E-state index in [1.807, 2.05) is 6.92 Å². The van der Waals surface area contributed by atoms with Crippen molar-refractivity contribution in [3.8, 4) is 23.0 Å². The standard InChI is InChI=1S/C54H100O4/c1-40(2)22-14-23-41(3)24-15-25-42(4)26-16-27-43(5)28-17-29-44(6)30-18-31-45(7)32-19-33-46(8)34-20-35-47(9)36-21-37-48(10)38-39-50-49(11)51(55)53(57-12)54(58-13)52(50)56/h38,40-47,55-56H,14-37,39H2,1-13H3/b48-38+. The number of phenolic OH excluding ortho intramolecular Hbond substituents is 2. The van der Waals surface area contributed by atoms with Gasteiger partial charge in [0.15, 0.2) is 11.5 Å². The summed E-state index contributed by atoms with van der Waals surface area (Å²) in [6.45, 7) is 26.1. The Bertz CT molecular complexity index is 1200. The van der Waals surface area contributed by atoms with Crippen molar-refractivity contribution in [2.75, 3.05) is 14.2 Å². The van der Waals surface area contributed by atoms with Crippen molar-refractivity contribution in [2.45, 2.75) is 237 Å². The Balaban J connectivity index is 2.09. The zero-order chi connectivity index (χ0) is 43.5. The lowest BCUT2D eigenvalue weighted by Crippen LogP contribution is -2.03. The van der Waals surface area contributed by atoms with Gasteiger partial charge in [0.25, 0.3) is 0 Å². The van der Waals surface area contributed by atoms with Crippen LogP contribution in [-0.4, -0.2) is 24.4 Å². The first-order chi connectivity index (χ1) is 27.6. The van der Waals surface area contributed by atoms with Crippen LogP contribution < -0.4 is 9.47 Å². The molecule has 0 aliphatic heterocycles. The molecule has 0 aliphatic carbocycles. The summed E-state index contributed by atoms with van der Waals surface area (Å²) in [4.78, 5) is 0. The van der Waals surface area contributed by atoms with E-state index in [0.29, 0.717) is 17.5 Å². The number of hydrogen-bond donors (Lipinski definition) is 2. The molecule has 0 saturated carbocycles. The van der Waals surface area contributed by atoms with Gasteiger partial charge in [-0.15, -0.1) is 0 Å². The lowest BCUT2D eigenvalue weighted by molar-refractivity contribution is 0.314. The number of hydrogen-bond acceptors (Lipinski definition) is 4. The molecule has 7 atom stereocenters. The van der Waals surface area contributed by atoms with Gasteiger partial charge in [0, 0.05) is 11.1 Å². The molecular weight excluding hydrogens is 713 g/mol. The topological polar surface area (TPSA) is 58.9 Å². The first-order valence-corrected chi connectivity index (χ1v) is 24.9. The van der Waals surface area contributed by atoms with Gasteiger partial charge in [-0.05, 0) is 80.5 Å². The Hall–Kier alpha value is -1.84. The molecule has 0 aliphatic rings. The fourth-order valence-corrected chi connectivity index (χ4v) is 9.35. The number of methoxy groups -OCH3 is 2. The molecule has 0 saturated heterocycles. The van der Waals surface area contributed by atoms with Crippen LogP contribution in [0, 0.1) is 54.3 Å². The molecule has 340 valence electrons. The maximum atomic E-state index is 10.8. The Morgan fingerprint density at radius 1 is 0.448 bits per heavy atom. The quantitative estimate of drug-likeness (QED) is 0.0523. The van der Waals surface area contributed by atoms with E-state index in [4.69, 9.17) is 9.47 Å². The predicted molar refractivity (Wildman–Crippen MR) is 255 cm³/mol. The van der Waals surface area contributed by atoms with Crippen molar-refractivity contribution in [1.82, 2.24) is 0 Å². The van der Waals surface area contributed by atoms with Gasteiger partial charge in [-0.3, -0.25) is 0 Å². The molecule has 0 fully saturated rings. The first kappa shape index (κ1) is 54.2. The van der Waals surface area contributed by atoms with Crippen LogP contribution in [0.25, 0.3) is 0 Å². The Morgan fingerprint density at radius 3 is 1.02 bits per heavy atom. The van der Waals surface area contributed by atoms with Gasteiger partial charge in [-0.1, -0.05) is 215 Å². The fourth-order valence-electron chi connectivity index (χ4n) is 9.35. The van der Waals surface area contributed by atoms with Gasteiger partial charge < -0.3 is 19.7 Å². The van der Waals surface area contributed by atoms with Gasteiger partial charge in [0.1, 0.15) is 0 Å². The molecule has 58 heavy (non-hydrogen) atoms. The maximum Gasteiger partial charge on any atom is 0.207 e. The smallest absolute Gasteiger partial charge is 0.207 e. The number of phenols is 2. The second-order valence-electron chi connectivity index (χ2n) is 20.7. The van der Waals surface area contributed by atoms with Crippen molar-refractivity contribution < 1.29 is 19.7 Å². The molecule has 4 nitrogen and oxygen atoms in total. The molecule has 4 heteroatoms. The van der Waals surface area contributed by atoms with Crippen LogP contribution in [0.3, 0.4) is 0 Å². The summed E-state index contributed by atoms with van der Waals surface area (Å²) in [5, 5.41) is 21.3. The highest BCUT2D eigenvalue weighted by Crippen LogP contribution is 2.48. The molecule has 2 N–H and O–H groups in total. The minimum Gasteiger partial charge on any atom is -0.504 e. The highest BCUT2D eigenvalue weighted by atomic mass is 16.5. The number of benzene rings is 1. The van der Waals surface area contributed by atoms with Crippen LogP contribution in [0.15, 0.2) is 11.6 Å². The zero-order valence-corrected chi connectivity index (χ0v) is 41.1. The molecule has 0 spiro atoms. The molecule has 0 radical (unpaired) electrons. The van der Waals surface area contributed by atoms with Crippen LogP contribution >= 0.6 is 0 Å². The maximum absolute atomic E-state index is 10.8.